The van der Waals surface area contributed by atoms with E-state index in [2.05, 4.69) is 11.4 Å². The van der Waals surface area contributed by atoms with Gasteiger partial charge in [0.2, 0.25) is 11.8 Å². The van der Waals surface area contributed by atoms with Crippen molar-refractivity contribution in [2.45, 2.75) is 69.8 Å². The van der Waals surface area contributed by atoms with E-state index in [1.165, 1.54) is 30.3 Å². The third-order valence-electron chi connectivity index (χ3n) is 7.30. The molecule has 1 N–H and O–H groups in total. The van der Waals surface area contributed by atoms with Crippen LogP contribution in [0.4, 0.5) is 5.69 Å². The van der Waals surface area contributed by atoms with Gasteiger partial charge in [0.1, 0.15) is 6.04 Å². The molecular formula is C32H37N3O4S. The molecule has 7 nitrogen and oxygen atoms in total. The summed E-state index contributed by atoms with van der Waals surface area (Å²) in [4.78, 5) is 39.9. The lowest BCUT2D eigenvalue weighted by atomic mass is 9.94. The summed E-state index contributed by atoms with van der Waals surface area (Å²) in [5.41, 5.74) is 4.04. The molecule has 40 heavy (non-hydrogen) atoms. The number of nitro benzene ring substituents is 1. The third-order valence-corrected chi connectivity index (χ3v) is 8.29. The monoisotopic (exact) mass is 559 g/mol. The number of amides is 2. The van der Waals surface area contributed by atoms with Crippen molar-refractivity contribution in [2.24, 2.45) is 0 Å². The molecule has 1 atom stereocenters. The van der Waals surface area contributed by atoms with Crippen molar-refractivity contribution in [3.63, 3.8) is 0 Å². The van der Waals surface area contributed by atoms with Crippen molar-refractivity contribution in [3.8, 4) is 0 Å². The van der Waals surface area contributed by atoms with Crippen molar-refractivity contribution in [3.05, 3.63) is 111 Å². The van der Waals surface area contributed by atoms with E-state index in [4.69, 9.17) is 0 Å². The molecule has 1 fully saturated rings. The van der Waals surface area contributed by atoms with E-state index in [9.17, 15) is 19.7 Å². The fourth-order valence-electron chi connectivity index (χ4n) is 5.16. The molecule has 0 saturated heterocycles. The van der Waals surface area contributed by atoms with Crippen LogP contribution in [-0.2, 0) is 28.3 Å². The molecule has 3 aromatic carbocycles. The van der Waals surface area contributed by atoms with Gasteiger partial charge in [-0.25, -0.2) is 0 Å². The molecule has 4 rings (SSSR count). The second-order valence-electron chi connectivity index (χ2n) is 10.5. The van der Waals surface area contributed by atoms with Gasteiger partial charge in [-0.15, -0.1) is 11.8 Å². The Morgan fingerprint density at radius 2 is 1.65 bits per heavy atom. The second-order valence-corrected chi connectivity index (χ2v) is 11.5. The second kappa shape index (κ2) is 14.7. The van der Waals surface area contributed by atoms with Gasteiger partial charge in [-0.1, -0.05) is 91.6 Å². The number of non-ortho nitro benzene ring substituents is 1. The number of aryl methyl sites for hydroxylation is 1. The maximum Gasteiger partial charge on any atom is 0.269 e. The predicted octanol–water partition coefficient (Wildman–Crippen LogP) is 6.23. The van der Waals surface area contributed by atoms with Crippen LogP contribution in [0.15, 0.2) is 78.9 Å². The number of hydrogen-bond acceptors (Lipinski definition) is 5. The fourth-order valence-corrected chi connectivity index (χ4v) is 6.03. The summed E-state index contributed by atoms with van der Waals surface area (Å²) in [6.45, 7) is 2.36. The Balaban J connectivity index is 1.54. The lowest BCUT2D eigenvalue weighted by Gasteiger charge is -2.33. The van der Waals surface area contributed by atoms with Crippen LogP contribution >= 0.6 is 11.8 Å². The zero-order valence-corrected chi connectivity index (χ0v) is 23.8. The van der Waals surface area contributed by atoms with Crippen molar-refractivity contribution >= 4 is 29.3 Å². The largest absolute Gasteiger partial charge is 0.352 e. The van der Waals surface area contributed by atoms with Crippen molar-refractivity contribution in [1.29, 1.82) is 0 Å². The van der Waals surface area contributed by atoms with E-state index in [1.807, 2.05) is 55.5 Å². The van der Waals surface area contributed by atoms with Crippen LogP contribution in [0, 0.1) is 17.0 Å². The van der Waals surface area contributed by atoms with Gasteiger partial charge in [-0.2, -0.15) is 0 Å². The fraction of sp³-hybridized carbons (Fsp3) is 0.375. The number of nitro groups is 1. The van der Waals surface area contributed by atoms with Crippen molar-refractivity contribution in [2.75, 3.05) is 5.75 Å². The summed E-state index contributed by atoms with van der Waals surface area (Å²) in [6.07, 6.45) is 5.80. The number of carbonyl (C=O) groups is 2. The quantitative estimate of drug-likeness (QED) is 0.210. The number of rotatable bonds is 12. The summed E-state index contributed by atoms with van der Waals surface area (Å²) in [5, 5.41) is 14.2. The van der Waals surface area contributed by atoms with Gasteiger partial charge in [-0.05, 0) is 36.5 Å². The Kier molecular flexibility index (Phi) is 10.7. The van der Waals surface area contributed by atoms with E-state index in [0.717, 1.165) is 47.9 Å². The van der Waals surface area contributed by atoms with Gasteiger partial charge >= 0.3 is 0 Å². The first kappa shape index (κ1) is 29.3. The molecule has 0 aliphatic heterocycles. The van der Waals surface area contributed by atoms with Crippen LogP contribution in [0.5, 0.6) is 0 Å². The molecule has 210 valence electrons. The van der Waals surface area contributed by atoms with Crippen LogP contribution in [0.25, 0.3) is 0 Å². The number of carbonyl (C=O) groups excluding carboxylic acids is 2. The minimum atomic E-state index is -0.641. The SMILES string of the molecule is Cc1cccc(CN(C(=O)CSCc2ccc([N+](=O)[O-])cc2)C(Cc2ccccc2)C(=O)NC2CCCCC2)c1. The number of benzene rings is 3. The molecule has 0 spiro atoms. The summed E-state index contributed by atoms with van der Waals surface area (Å²) in [6, 6.07) is 23.8. The Morgan fingerprint density at radius 3 is 2.33 bits per heavy atom. The molecule has 1 saturated carbocycles. The molecule has 0 aromatic heterocycles. The van der Waals surface area contributed by atoms with Crippen molar-refractivity contribution < 1.29 is 14.5 Å². The first-order chi connectivity index (χ1) is 19.4. The Morgan fingerprint density at radius 1 is 0.950 bits per heavy atom. The van der Waals surface area contributed by atoms with E-state index in [0.29, 0.717) is 18.7 Å². The minimum absolute atomic E-state index is 0.0434. The van der Waals surface area contributed by atoms with Crippen LogP contribution in [0.3, 0.4) is 0 Å². The zero-order valence-electron chi connectivity index (χ0n) is 23.0. The topological polar surface area (TPSA) is 92.6 Å². The molecule has 0 bridgehead atoms. The zero-order chi connectivity index (χ0) is 28.3. The normalized spacial score (nSPS) is 14.3. The number of nitrogens with zero attached hydrogens (tertiary/aromatic N) is 2. The molecule has 8 heteroatoms. The number of hydrogen-bond donors (Lipinski definition) is 1. The molecular weight excluding hydrogens is 522 g/mol. The standard InChI is InChI=1S/C32H37N3O4S/c1-24-9-8-12-27(19-24)21-34(31(36)23-40-22-26-15-17-29(18-16-26)35(38)39)30(20-25-10-4-2-5-11-25)32(37)33-28-13-6-3-7-14-28/h2,4-5,8-12,15-19,28,30H,3,6-7,13-14,20-23H2,1H3,(H,33,37). The predicted molar refractivity (Wildman–Crippen MR) is 160 cm³/mol. The van der Waals surface area contributed by atoms with Gasteiger partial charge in [0.25, 0.3) is 5.69 Å². The first-order valence-corrected chi connectivity index (χ1v) is 15.0. The van der Waals surface area contributed by atoms with E-state index < -0.39 is 11.0 Å². The van der Waals surface area contributed by atoms with Gasteiger partial charge in [0.05, 0.1) is 10.7 Å². The highest BCUT2D eigenvalue weighted by Crippen LogP contribution is 2.22. The lowest BCUT2D eigenvalue weighted by molar-refractivity contribution is -0.384. The van der Waals surface area contributed by atoms with Crippen LogP contribution < -0.4 is 5.32 Å². The van der Waals surface area contributed by atoms with Gasteiger partial charge < -0.3 is 10.2 Å². The number of thioether (sulfide) groups is 1. The molecule has 0 heterocycles. The molecule has 2 amide bonds. The summed E-state index contributed by atoms with van der Waals surface area (Å²) < 4.78 is 0. The maximum absolute atomic E-state index is 13.8. The Bertz CT molecular complexity index is 1280. The van der Waals surface area contributed by atoms with Crippen LogP contribution in [0.2, 0.25) is 0 Å². The molecule has 1 aliphatic carbocycles. The average molecular weight is 560 g/mol. The summed E-state index contributed by atoms with van der Waals surface area (Å²) in [5.74, 6) is 0.537. The Labute approximate surface area is 240 Å². The molecule has 1 aliphatic rings. The van der Waals surface area contributed by atoms with Crippen LogP contribution in [0.1, 0.15) is 54.4 Å². The van der Waals surface area contributed by atoms with Gasteiger partial charge in [-0.3, -0.25) is 19.7 Å². The number of nitrogens with one attached hydrogen (secondary N) is 1. The molecule has 3 aromatic rings. The maximum atomic E-state index is 13.8. The third kappa shape index (κ3) is 8.68. The lowest BCUT2D eigenvalue weighted by Crippen LogP contribution is -2.53. The van der Waals surface area contributed by atoms with Crippen molar-refractivity contribution in [1.82, 2.24) is 10.2 Å². The minimum Gasteiger partial charge on any atom is -0.352 e. The smallest absolute Gasteiger partial charge is 0.269 e. The molecule has 1 unspecified atom stereocenters. The highest BCUT2D eigenvalue weighted by molar-refractivity contribution is 7.99. The van der Waals surface area contributed by atoms with E-state index in [-0.39, 0.29) is 29.3 Å². The highest BCUT2D eigenvalue weighted by atomic mass is 32.2. The summed E-state index contributed by atoms with van der Waals surface area (Å²) in [7, 11) is 0. The first-order valence-electron chi connectivity index (χ1n) is 13.9. The highest BCUT2D eigenvalue weighted by Gasteiger charge is 2.31. The van der Waals surface area contributed by atoms with Gasteiger partial charge in [0, 0.05) is 36.9 Å². The average Bonchev–Trinajstić information content (AvgIpc) is 2.96. The van der Waals surface area contributed by atoms with Crippen LogP contribution in [-0.4, -0.2) is 39.5 Å². The summed E-state index contributed by atoms with van der Waals surface area (Å²) >= 11 is 1.45. The van der Waals surface area contributed by atoms with E-state index >= 15 is 0 Å². The van der Waals surface area contributed by atoms with Gasteiger partial charge in [0.15, 0.2) is 0 Å². The van der Waals surface area contributed by atoms with E-state index in [1.54, 1.807) is 17.0 Å². The molecule has 0 radical (unpaired) electrons. The Hall–Kier alpha value is -3.65.